The first-order valence-electron chi connectivity index (χ1n) is 12.7. The van der Waals surface area contributed by atoms with E-state index in [4.69, 9.17) is 10.5 Å². The lowest BCUT2D eigenvalue weighted by atomic mass is 10.1. The normalized spacial score (nSPS) is 15.2. The van der Waals surface area contributed by atoms with E-state index in [1.54, 1.807) is 59.5 Å². The lowest BCUT2D eigenvalue weighted by Crippen LogP contribution is -2.40. The molecule has 1 fully saturated rings. The molecule has 7 rings (SSSR count). The quantitative estimate of drug-likeness (QED) is 0.286. The van der Waals surface area contributed by atoms with Crippen molar-refractivity contribution >= 4 is 17.4 Å². The fourth-order valence-corrected chi connectivity index (χ4v) is 5.08. The van der Waals surface area contributed by atoms with Crippen molar-refractivity contribution in [3.63, 3.8) is 0 Å². The third-order valence-corrected chi connectivity index (χ3v) is 7.17. The van der Waals surface area contributed by atoms with Crippen LogP contribution in [-0.2, 0) is 0 Å². The number of hydrogen-bond donors (Lipinski definition) is 0. The number of carbonyl (C=O) groups excluding carboxylic acids is 2. The average Bonchev–Trinajstić information content (AvgIpc) is 3.46. The third-order valence-electron chi connectivity index (χ3n) is 7.17. The average molecular weight is 559 g/mol. The molecule has 3 aliphatic rings. The van der Waals surface area contributed by atoms with Crippen molar-refractivity contribution in [1.82, 2.24) is 19.9 Å². The van der Waals surface area contributed by atoms with E-state index in [0.717, 1.165) is 0 Å². The molecule has 0 N–H and O–H groups in total. The van der Waals surface area contributed by atoms with Gasteiger partial charge in [0.15, 0.2) is 22.9 Å². The van der Waals surface area contributed by atoms with Crippen molar-refractivity contribution in [3.8, 4) is 40.7 Å². The summed E-state index contributed by atoms with van der Waals surface area (Å²) in [5.74, 6) is -2.93. The van der Waals surface area contributed by atoms with Gasteiger partial charge in [-0.25, -0.2) is 28.7 Å². The van der Waals surface area contributed by atoms with E-state index in [1.165, 1.54) is 0 Å². The number of rotatable bonds is 1. The number of piperidine rings is 1. The molecule has 2 aromatic heterocycles. The molecule has 12 heteroatoms. The molecule has 202 valence electrons. The van der Waals surface area contributed by atoms with Crippen LogP contribution in [0.5, 0.6) is 0 Å². The van der Waals surface area contributed by atoms with Gasteiger partial charge in [-0.3, -0.25) is 9.59 Å². The molecule has 0 spiro atoms. The molecule has 4 aromatic rings. The Balaban J connectivity index is 0.000000157. The molecule has 42 heavy (non-hydrogen) atoms. The number of alkyl halides is 2. The zero-order valence-electron chi connectivity index (χ0n) is 21.6. The van der Waals surface area contributed by atoms with Gasteiger partial charge in [0.2, 0.25) is 11.6 Å². The number of anilines is 1. The first-order chi connectivity index (χ1) is 20.3. The number of benzene rings is 2. The summed E-state index contributed by atoms with van der Waals surface area (Å²) in [6.07, 6.45) is -0.571. The van der Waals surface area contributed by atoms with Crippen molar-refractivity contribution in [3.05, 3.63) is 88.1 Å². The van der Waals surface area contributed by atoms with Crippen LogP contribution < -0.4 is 4.90 Å². The molecular formula is C30H16F2N8O2. The van der Waals surface area contributed by atoms with Gasteiger partial charge < -0.3 is 4.90 Å². The van der Waals surface area contributed by atoms with Gasteiger partial charge in [-0.05, 0) is 0 Å². The Labute approximate surface area is 237 Å². The maximum absolute atomic E-state index is 13.4. The van der Waals surface area contributed by atoms with Gasteiger partial charge in [-0.1, -0.05) is 48.5 Å². The van der Waals surface area contributed by atoms with E-state index in [1.807, 2.05) is 12.1 Å². The van der Waals surface area contributed by atoms with Crippen LogP contribution in [0, 0.1) is 34.0 Å². The number of ketones is 2. The summed E-state index contributed by atoms with van der Waals surface area (Å²) < 4.78 is 26.7. The number of nitriles is 3. The van der Waals surface area contributed by atoms with Gasteiger partial charge in [0.1, 0.15) is 41.0 Å². The molecule has 3 heterocycles. The minimum atomic E-state index is -2.68. The van der Waals surface area contributed by atoms with E-state index in [0.29, 0.717) is 33.6 Å². The van der Waals surface area contributed by atoms with Crippen molar-refractivity contribution in [2.45, 2.75) is 18.8 Å². The largest absolute Gasteiger partial charge is 0.354 e. The van der Waals surface area contributed by atoms with Crippen LogP contribution >= 0.6 is 0 Å². The van der Waals surface area contributed by atoms with Crippen LogP contribution in [0.15, 0.2) is 48.5 Å². The van der Waals surface area contributed by atoms with Gasteiger partial charge in [0, 0.05) is 48.2 Å². The monoisotopic (exact) mass is 558 g/mol. The molecule has 10 nitrogen and oxygen atoms in total. The van der Waals surface area contributed by atoms with Crippen LogP contribution in [0.3, 0.4) is 0 Å². The maximum Gasteiger partial charge on any atom is 0.251 e. The van der Waals surface area contributed by atoms with Gasteiger partial charge in [0.05, 0.1) is 0 Å². The Kier molecular flexibility index (Phi) is 6.21. The molecule has 0 radical (unpaired) electrons. The van der Waals surface area contributed by atoms with Gasteiger partial charge in [-0.2, -0.15) is 15.8 Å². The van der Waals surface area contributed by atoms with Crippen LogP contribution in [0.25, 0.3) is 22.5 Å². The molecular weight excluding hydrogens is 542 g/mol. The summed E-state index contributed by atoms with van der Waals surface area (Å²) in [7, 11) is 0. The predicted octanol–water partition coefficient (Wildman–Crippen LogP) is 4.23. The standard InChI is InChI=1S/C17H12F2N4O.C13H4N4O/c18-17(19)5-7-23(8-6-17)16-12(9-20)21-14-13(22-16)10-3-1-2-4-11(10)15(14)24;14-5-9-10(6-15)17-12-11(16-9)7-3-1-2-4-8(7)13(12)18/h1-4H,5-8H2;1-4H. The number of halogens is 2. The zero-order chi connectivity index (χ0) is 29.6. The van der Waals surface area contributed by atoms with Crippen molar-refractivity contribution in [2.24, 2.45) is 0 Å². The van der Waals surface area contributed by atoms with E-state index >= 15 is 0 Å². The highest BCUT2D eigenvalue weighted by atomic mass is 19.3. The minimum Gasteiger partial charge on any atom is -0.354 e. The number of aromatic nitrogens is 4. The fraction of sp³-hybridized carbons (Fsp3) is 0.167. The second kappa shape index (κ2) is 9.92. The Morgan fingerprint density at radius 1 is 0.619 bits per heavy atom. The SMILES string of the molecule is N#Cc1nc2c(nc1C#N)-c1ccccc1C2=O.N#Cc1nc2c(nc1N1CCC(F)(F)CC1)-c1ccccc1C2=O. The highest BCUT2D eigenvalue weighted by Crippen LogP contribution is 2.38. The highest BCUT2D eigenvalue weighted by molar-refractivity contribution is 6.20. The van der Waals surface area contributed by atoms with Crippen molar-refractivity contribution < 1.29 is 18.4 Å². The van der Waals surface area contributed by atoms with Crippen LogP contribution in [0.2, 0.25) is 0 Å². The molecule has 1 saturated heterocycles. The minimum absolute atomic E-state index is 0.000113. The lowest BCUT2D eigenvalue weighted by Gasteiger charge is -2.32. The smallest absolute Gasteiger partial charge is 0.251 e. The molecule has 0 amide bonds. The van der Waals surface area contributed by atoms with Crippen molar-refractivity contribution in [2.75, 3.05) is 18.0 Å². The topological polar surface area (TPSA) is 160 Å². The zero-order valence-corrected chi connectivity index (χ0v) is 21.6. The van der Waals surface area contributed by atoms with E-state index in [2.05, 4.69) is 19.9 Å². The third kappa shape index (κ3) is 4.21. The van der Waals surface area contributed by atoms with Gasteiger partial charge >= 0.3 is 0 Å². The highest BCUT2D eigenvalue weighted by Gasteiger charge is 2.37. The summed E-state index contributed by atoms with van der Waals surface area (Å²) in [6, 6.07) is 19.5. The number of nitrogens with zero attached hydrogens (tertiary/aromatic N) is 8. The Morgan fingerprint density at radius 3 is 1.50 bits per heavy atom. The molecule has 2 aromatic carbocycles. The number of carbonyl (C=O) groups is 2. The predicted molar refractivity (Wildman–Crippen MR) is 142 cm³/mol. The Bertz CT molecular complexity index is 1960. The number of fused-ring (bicyclic) bond motifs is 6. The van der Waals surface area contributed by atoms with E-state index in [9.17, 15) is 23.6 Å². The second-order valence-corrected chi connectivity index (χ2v) is 9.64. The Morgan fingerprint density at radius 2 is 1.02 bits per heavy atom. The molecule has 0 atom stereocenters. The van der Waals surface area contributed by atoms with E-state index in [-0.39, 0.29) is 71.8 Å². The molecule has 2 aliphatic carbocycles. The number of hydrogen-bond acceptors (Lipinski definition) is 10. The van der Waals surface area contributed by atoms with Crippen LogP contribution in [-0.4, -0.2) is 50.5 Å². The fourth-order valence-electron chi connectivity index (χ4n) is 5.08. The van der Waals surface area contributed by atoms with Gasteiger partial charge in [0.25, 0.3) is 5.92 Å². The molecule has 1 aliphatic heterocycles. The van der Waals surface area contributed by atoms with Gasteiger partial charge in [-0.15, -0.1) is 0 Å². The van der Waals surface area contributed by atoms with Crippen LogP contribution in [0.1, 0.15) is 62.0 Å². The summed E-state index contributed by atoms with van der Waals surface area (Å²) in [5.41, 5.74) is 3.26. The van der Waals surface area contributed by atoms with Crippen molar-refractivity contribution in [1.29, 1.82) is 15.8 Å². The summed E-state index contributed by atoms with van der Waals surface area (Å²) >= 11 is 0. The molecule has 0 bridgehead atoms. The van der Waals surface area contributed by atoms with Crippen LogP contribution in [0.4, 0.5) is 14.6 Å². The first kappa shape index (κ1) is 26.3. The summed E-state index contributed by atoms with van der Waals surface area (Å²) in [5, 5.41) is 27.1. The Hall–Kier alpha value is -5.93. The summed E-state index contributed by atoms with van der Waals surface area (Å²) in [6.45, 7) is 0.204. The second-order valence-electron chi connectivity index (χ2n) is 9.64. The molecule has 0 unspecified atom stereocenters. The maximum atomic E-state index is 13.4. The van der Waals surface area contributed by atoms with E-state index < -0.39 is 5.92 Å². The summed E-state index contributed by atoms with van der Waals surface area (Å²) in [4.78, 5) is 42.8. The first-order valence-corrected chi connectivity index (χ1v) is 12.7. The molecule has 0 saturated carbocycles. The lowest BCUT2D eigenvalue weighted by molar-refractivity contribution is -0.0221.